The Labute approximate surface area is 192 Å². The molecule has 0 saturated carbocycles. The van der Waals surface area contributed by atoms with Crippen LogP contribution >= 0.6 is 24.0 Å². The van der Waals surface area contributed by atoms with Gasteiger partial charge in [0, 0.05) is 20.1 Å². The number of para-hydroxylation sites is 2. The van der Waals surface area contributed by atoms with Crippen LogP contribution in [-0.4, -0.2) is 51.3 Å². The molecule has 0 fully saturated rings. The minimum Gasteiger partial charge on any atom is -0.486 e. The van der Waals surface area contributed by atoms with Gasteiger partial charge in [0.2, 0.25) is 5.91 Å². The van der Waals surface area contributed by atoms with Gasteiger partial charge in [0.05, 0.1) is 13.0 Å². The van der Waals surface area contributed by atoms with E-state index in [4.69, 9.17) is 9.47 Å². The molecule has 0 aromatic heterocycles. The first-order valence-corrected chi connectivity index (χ1v) is 9.48. The molecule has 0 saturated heterocycles. The lowest BCUT2D eigenvalue weighted by Gasteiger charge is -2.27. The summed E-state index contributed by atoms with van der Waals surface area (Å²) >= 11 is 0. The molecule has 30 heavy (non-hydrogen) atoms. The lowest BCUT2D eigenvalue weighted by Crippen LogP contribution is -2.46. The highest BCUT2D eigenvalue weighted by Crippen LogP contribution is 2.30. The second-order valence-corrected chi connectivity index (χ2v) is 6.53. The molecule has 1 atom stereocenters. The Morgan fingerprint density at radius 2 is 1.77 bits per heavy atom. The molecular formula is C21H26FIN4O3. The molecule has 1 heterocycles. The van der Waals surface area contributed by atoms with Gasteiger partial charge in [0.1, 0.15) is 18.5 Å². The Bertz CT molecular complexity index is 848. The van der Waals surface area contributed by atoms with Gasteiger partial charge in [-0.15, -0.1) is 24.0 Å². The van der Waals surface area contributed by atoms with Crippen LogP contribution in [0.5, 0.6) is 11.5 Å². The number of amides is 1. The van der Waals surface area contributed by atoms with Gasteiger partial charge in [0.15, 0.2) is 17.5 Å². The maximum absolute atomic E-state index is 12.9. The van der Waals surface area contributed by atoms with E-state index in [1.165, 1.54) is 12.1 Å². The van der Waals surface area contributed by atoms with Crippen molar-refractivity contribution in [3.05, 3.63) is 59.9 Å². The predicted molar refractivity (Wildman–Crippen MR) is 124 cm³/mol. The van der Waals surface area contributed by atoms with E-state index < -0.39 is 0 Å². The maximum Gasteiger partial charge on any atom is 0.224 e. The Morgan fingerprint density at radius 3 is 2.50 bits per heavy atom. The van der Waals surface area contributed by atoms with E-state index >= 15 is 0 Å². The molecule has 1 amide bonds. The van der Waals surface area contributed by atoms with Crippen LogP contribution < -0.4 is 25.4 Å². The van der Waals surface area contributed by atoms with Crippen molar-refractivity contribution in [3.8, 4) is 11.5 Å². The van der Waals surface area contributed by atoms with Crippen molar-refractivity contribution in [3.63, 3.8) is 0 Å². The van der Waals surface area contributed by atoms with Gasteiger partial charge in [-0.3, -0.25) is 9.79 Å². The summed E-state index contributed by atoms with van der Waals surface area (Å²) in [5, 5.41) is 9.14. The van der Waals surface area contributed by atoms with Gasteiger partial charge in [-0.25, -0.2) is 4.39 Å². The third kappa shape index (κ3) is 7.36. The minimum absolute atomic E-state index is 0. The Kier molecular flexibility index (Phi) is 9.65. The average Bonchev–Trinajstić information content (AvgIpc) is 2.74. The van der Waals surface area contributed by atoms with Gasteiger partial charge in [0.25, 0.3) is 0 Å². The van der Waals surface area contributed by atoms with Crippen molar-refractivity contribution in [2.45, 2.75) is 12.5 Å². The molecule has 0 spiro atoms. The van der Waals surface area contributed by atoms with E-state index in [9.17, 15) is 9.18 Å². The monoisotopic (exact) mass is 528 g/mol. The first-order valence-electron chi connectivity index (χ1n) is 9.48. The topological polar surface area (TPSA) is 84.0 Å². The van der Waals surface area contributed by atoms with Gasteiger partial charge in [-0.2, -0.15) is 0 Å². The predicted octanol–water partition coefficient (Wildman–Crippen LogP) is 2.11. The number of carbonyl (C=O) groups excluding carboxylic acids is 1. The molecule has 162 valence electrons. The van der Waals surface area contributed by atoms with Gasteiger partial charge < -0.3 is 25.4 Å². The van der Waals surface area contributed by atoms with E-state index in [0.29, 0.717) is 32.2 Å². The van der Waals surface area contributed by atoms with E-state index in [2.05, 4.69) is 20.9 Å². The molecule has 1 aliphatic heterocycles. The van der Waals surface area contributed by atoms with Crippen LogP contribution in [0, 0.1) is 5.82 Å². The zero-order chi connectivity index (χ0) is 20.5. The lowest BCUT2D eigenvalue weighted by molar-refractivity contribution is -0.120. The Balaban J connectivity index is 0.00000320. The molecule has 3 rings (SSSR count). The standard InChI is InChI=1S/C21H25FN4O3.HI/c1-23-21(26-13-17-14-28-18-4-2-3-5-19(18)29-17)25-11-10-24-20(27)12-15-6-8-16(22)9-7-15;/h2-9,17H,10-14H2,1H3,(H,24,27)(H2,23,25,26);1H. The molecule has 2 aromatic carbocycles. The summed E-state index contributed by atoms with van der Waals surface area (Å²) in [6, 6.07) is 13.5. The second kappa shape index (κ2) is 12.2. The highest BCUT2D eigenvalue weighted by atomic mass is 127. The van der Waals surface area contributed by atoms with Crippen LogP contribution in [0.15, 0.2) is 53.5 Å². The third-order valence-electron chi connectivity index (χ3n) is 4.31. The van der Waals surface area contributed by atoms with Crippen LogP contribution in [0.4, 0.5) is 4.39 Å². The summed E-state index contributed by atoms with van der Waals surface area (Å²) < 4.78 is 24.5. The van der Waals surface area contributed by atoms with Crippen molar-refractivity contribution in [1.82, 2.24) is 16.0 Å². The number of aliphatic imine (C=N–C) groups is 1. The molecular weight excluding hydrogens is 502 g/mol. The minimum atomic E-state index is -0.313. The van der Waals surface area contributed by atoms with Crippen LogP contribution in [0.3, 0.4) is 0 Å². The normalized spacial score (nSPS) is 15.0. The third-order valence-corrected chi connectivity index (χ3v) is 4.31. The SMILES string of the molecule is CN=C(NCCNC(=O)Cc1ccc(F)cc1)NCC1COc2ccccc2O1.I. The molecule has 9 heteroatoms. The number of fused-ring (bicyclic) bond motifs is 1. The molecule has 1 unspecified atom stereocenters. The fourth-order valence-corrected chi connectivity index (χ4v) is 2.83. The van der Waals surface area contributed by atoms with Crippen LogP contribution in [0.2, 0.25) is 0 Å². The van der Waals surface area contributed by atoms with E-state index in [1.807, 2.05) is 24.3 Å². The van der Waals surface area contributed by atoms with Crippen molar-refractivity contribution in [1.29, 1.82) is 0 Å². The quantitative estimate of drug-likeness (QED) is 0.222. The van der Waals surface area contributed by atoms with Gasteiger partial charge in [-0.05, 0) is 29.8 Å². The van der Waals surface area contributed by atoms with Crippen LogP contribution in [-0.2, 0) is 11.2 Å². The summed E-state index contributed by atoms with van der Waals surface area (Å²) in [4.78, 5) is 16.1. The number of benzene rings is 2. The highest BCUT2D eigenvalue weighted by molar-refractivity contribution is 14.0. The first-order chi connectivity index (χ1) is 14.1. The number of ether oxygens (including phenoxy) is 2. The summed E-state index contributed by atoms with van der Waals surface area (Å²) in [5.41, 5.74) is 0.769. The number of guanidine groups is 1. The molecule has 3 N–H and O–H groups in total. The van der Waals surface area contributed by atoms with Crippen molar-refractivity contribution < 1.29 is 18.7 Å². The Hall–Kier alpha value is -2.56. The van der Waals surface area contributed by atoms with Crippen molar-refractivity contribution in [2.24, 2.45) is 4.99 Å². The molecule has 0 bridgehead atoms. The van der Waals surface area contributed by atoms with Gasteiger partial charge in [-0.1, -0.05) is 24.3 Å². The molecule has 0 aliphatic carbocycles. The summed E-state index contributed by atoms with van der Waals surface area (Å²) in [5.74, 6) is 1.67. The largest absolute Gasteiger partial charge is 0.486 e. The molecule has 0 radical (unpaired) electrons. The fraction of sp³-hybridized carbons (Fsp3) is 0.333. The summed E-state index contributed by atoms with van der Waals surface area (Å²) in [7, 11) is 1.68. The highest BCUT2D eigenvalue weighted by Gasteiger charge is 2.20. The average molecular weight is 528 g/mol. The van der Waals surface area contributed by atoms with Crippen molar-refractivity contribution in [2.75, 3.05) is 33.3 Å². The summed E-state index contributed by atoms with van der Waals surface area (Å²) in [6.45, 7) is 1.95. The molecule has 2 aromatic rings. The molecule has 7 nitrogen and oxygen atoms in total. The number of carbonyl (C=O) groups is 1. The number of nitrogens with zero attached hydrogens (tertiary/aromatic N) is 1. The first kappa shape index (κ1) is 23.7. The van der Waals surface area contributed by atoms with Crippen LogP contribution in [0.25, 0.3) is 0 Å². The molecule has 1 aliphatic rings. The van der Waals surface area contributed by atoms with Gasteiger partial charge >= 0.3 is 0 Å². The zero-order valence-corrected chi connectivity index (χ0v) is 19.0. The van der Waals surface area contributed by atoms with Crippen LogP contribution in [0.1, 0.15) is 5.56 Å². The van der Waals surface area contributed by atoms with E-state index in [0.717, 1.165) is 17.1 Å². The van der Waals surface area contributed by atoms with Crippen molar-refractivity contribution >= 4 is 35.8 Å². The number of hydrogen-bond acceptors (Lipinski definition) is 4. The summed E-state index contributed by atoms with van der Waals surface area (Å²) in [6.07, 6.45) is 0.0900. The zero-order valence-electron chi connectivity index (χ0n) is 16.7. The number of rotatable bonds is 7. The maximum atomic E-state index is 12.9. The fourth-order valence-electron chi connectivity index (χ4n) is 2.83. The number of nitrogens with one attached hydrogen (secondary N) is 3. The van der Waals surface area contributed by atoms with E-state index in [-0.39, 0.29) is 48.2 Å². The van der Waals surface area contributed by atoms with E-state index in [1.54, 1.807) is 19.2 Å². The number of halogens is 2. The lowest BCUT2D eigenvalue weighted by atomic mass is 10.1. The second-order valence-electron chi connectivity index (χ2n) is 6.53. The smallest absolute Gasteiger partial charge is 0.224 e. The Morgan fingerprint density at radius 1 is 1.07 bits per heavy atom. The number of hydrogen-bond donors (Lipinski definition) is 3.